The fourth-order valence-electron chi connectivity index (χ4n) is 6.45. The number of carbonyl (C=O) groups is 1. The molecule has 1 heterocycles. The second-order valence-corrected chi connectivity index (χ2v) is 11.1. The Labute approximate surface area is 170 Å². The number of nitrogens with zero attached hydrogens (tertiary/aromatic N) is 1. The van der Waals surface area contributed by atoms with Crippen molar-refractivity contribution in [3.8, 4) is 0 Å². The average molecular weight is 433 g/mol. The Morgan fingerprint density at radius 2 is 1.93 bits per heavy atom. The van der Waals surface area contributed by atoms with E-state index in [-0.39, 0.29) is 15.6 Å². The number of anilines is 1. The number of alkyl halides is 1. The van der Waals surface area contributed by atoms with E-state index >= 15 is 0 Å². The third-order valence-corrected chi connectivity index (χ3v) is 8.09. The summed E-state index contributed by atoms with van der Waals surface area (Å²) >= 11 is 4.02. The molecular formula is C22H29BrN2O2. The summed E-state index contributed by atoms with van der Waals surface area (Å²) < 4.78 is 5.65. The minimum Gasteiger partial charge on any atom is -0.379 e. The van der Waals surface area contributed by atoms with Gasteiger partial charge in [-0.25, -0.2) is 0 Å². The van der Waals surface area contributed by atoms with Crippen LogP contribution in [-0.2, 0) is 16.1 Å². The van der Waals surface area contributed by atoms with Crippen LogP contribution in [0.25, 0.3) is 0 Å². The molecule has 1 aliphatic heterocycles. The molecule has 1 aromatic rings. The van der Waals surface area contributed by atoms with E-state index in [0.717, 1.165) is 69.6 Å². The molecule has 146 valence electrons. The molecule has 4 bridgehead atoms. The first-order valence-corrected chi connectivity index (χ1v) is 11.2. The molecule has 2 atom stereocenters. The molecule has 1 amide bonds. The molecule has 5 aliphatic rings. The van der Waals surface area contributed by atoms with E-state index < -0.39 is 0 Å². The van der Waals surface area contributed by atoms with E-state index in [9.17, 15) is 4.79 Å². The first-order chi connectivity index (χ1) is 13.0. The topological polar surface area (TPSA) is 41.6 Å². The van der Waals surface area contributed by atoms with Crippen LogP contribution in [0.5, 0.6) is 0 Å². The summed E-state index contributed by atoms with van der Waals surface area (Å²) in [5.41, 5.74) is 2.05. The quantitative estimate of drug-likeness (QED) is 0.725. The van der Waals surface area contributed by atoms with Gasteiger partial charge in [-0.2, -0.15) is 0 Å². The molecule has 0 radical (unpaired) electrons. The molecular weight excluding hydrogens is 404 g/mol. The predicted molar refractivity (Wildman–Crippen MR) is 110 cm³/mol. The molecule has 6 rings (SSSR count). The second-order valence-electron chi connectivity index (χ2n) is 9.44. The van der Waals surface area contributed by atoms with Gasteiger partial charge in [0, 0.05) is 29.6 Å². The lowest BCUT2D eigenvalue weighted by atomic mass is 9.49. The maximum atomic E-state index is 13.4. The van der Waals surface area contributed by atoms with Crippen LogP contribution < -0.4 is 5.32 Å². The van der Waals surface area contributed by atoms with Crippen LogP contribution in [0, 0.1) is 17.3 Å². The molecule has 0 spiro atoms. The van der Waals surface area contributed by atoms with Gasteiger partial charge in [0.25, 0.3) is 0 Å². The molecule has 2 unspecified atom stereocenters. The van der Waals surface area contributed by atoms with Crippen molar-refractivity contribution in [2.75, 3.05) is 31.6 Å². The fourth-order valence-corrected chi connectivity index (χ4v) is 7.90. The zero-order valence-corrected chi connectivity index (χ0v) is 17.5. The molecule has 27 heavy (non-hydrogen) atoms. The molecule has 1 N–H and O–H groups in total. The Balaban J connectivity index is 1.29. The summed E-state index contributed by atoms with van der Waals surface area (Å²) in [5.74, 6) is 1.71. The Kier molecular flexibility index (Phi) is 4.60. The van der Waals surface area contributed by atoms with Gasteiger partial charge in [-0.1, -0.05) is 28.1 Å². The van der Waals surface area contributed by atoms with E-state index in [1.54, 1.807) is 0 Å². The van der Waals surface area contributed by atoms with Crippen LogP contribution in [-0.4, -0.2) is 41.4 Å². The van der Waals surface area contributed by atoms with Crippen molar-refractivity contribution in [1.82, 2.24) is 4.90 Å². The summed E-state index contributed by atoms with van der Waals surface area (Å²) in [7, 11) is 0. The smallest absolute Gasteiger partial charge is 0.230 e. The lowest BCUT2D eigenvalue weighted by Gasteiger charge is -2.59. The minimum absolute atomic E-state index is 0.159. The van der Waals surface area contributed by atoms with Gasteiger partial charge in [0.2, 0.25) is 5.91 Å². The normalized spacial score (nSPS) is 38.1. The Morgan fingerprint density at radius 3 is 2.63 bits per heavy atom. The fraction of sp³-hybridized carbons (Fsp3) is 0.682. The van der Waals surface area contributed by atoms with E-state index in [1.807, 2.05) is 6.07 Å². The van der Waals surface area contributed by atoms with Gasteiger partial charge in [-0.15, -0.1) is 0 Å². The lowest BCUT2D eigenvalue weighted by molar-refractivity contribution is -0.138. The molecule has 5 heteroatoms. The molecule has 4 saturated carbocycles. The summed E-state index contributed by atoms with van der Waals surface area (Å²) in [6.45, 7) is 4.52. The predicted octanol–water partition coefficient (Wildman–Crippen LogP) is 4.19. The third-order valence-electron chi connectivity index (χ3n) is 7.17. The number of nitrogens with one attached hydrogen (secondary N) is 1. The van der Waals surface area contributed by atoms with E-state index in [1.165, 1.54) is 24.8 Å². The SMILES string of the molecule is O=C(Nc1cccc(CN2CCOCC2)c1)C12CC3CC(CC(Br)(C3)C1)C2. The van der Waals surface area contributed by atoms with Gasteiger partial charge < -0.3 is 10.1 Å². The van der Waals surface area contributed by atoms with Crippen molar-refractivity contribution < 1.29 is 9.53 Å². The zero-order valence-electron chi connectivity index (χ0n) is 15.9. The van der Waals surface area contributed by atoms with Crippen molar-refractivity contribution in [3.05, 3.63) is 29.8 Å². The number of amides is 1. The van der Waals surface area contributed by atoms with Crippen molar-refractivity contribution >= 4 is 27.5 Å². The van der Waals surface area contributed by atoms with Crippen LogP contribution in [0.4, 0.5) is 5.69 Å². The molecule has 5 fully saturated rings. The summed E-state index contributed by atoms with van der Waals surface area (Å²) in [4.78, 5) is 15.8. The van der Waals surface area contributed by atoms with Gasteiger partial charge in [0.05, 0.1) is 18.6 Å². The number of carbonyl (C=O) groups excluding carboxylic acids is 1. The van der Waals surface area contributed by atoms with E-state index in [2.05, 4.69) is 44.3 Å². The number of rotatable bonds is 4. The first kappa shape index (κ1) is 18.1. The van der Waals surface area contributed by atoms with Gasteiger partial charge >= 0.3 is 0 Å². The van der Waals surface area contributed by atoms with Gasteiger partial charge in [0.15, 0.2) is 0 Å². The summed E-state index contributed by atoms with van der Waals surface area (Å²) in [6, 6.07) is 8.41. The van der Waals surface area contributed by atoms with Crippen molar-refractivity contribution in [3.63, 3.8) is 0 Å². The number of hydrogen-bond acceptors (Lipinski definition) is 3. The van der Waals surface area contributed by atoms with Crippen LogP contribution in [0.15, 0.2) is 24.3 Å². The Bertz CT molecular complexity index is 717. The van der Waals surface area contributed by atoms with E-state index in [4.69, 9.17) is 4.74 Å². The van der Waals surface area contributed by atoms with Crippen molar-refractivity contribution in [2.24, 2.45) is 17.3 Å². The molecule has 1 saturated heterocycles. The van der Waals surface area contributed by atoms with Crippen LogP contribution >= 0.6 is 15.9 Å². The molecule has 4 aliphatic carbocycles. The third kappa shape index (κ3) is 3.58. The van der Waals surface area contributed by atoms with Crippen LogP contribution in [0.3, 0.4) is 0 Å². The summed E-state index contributed by atoms with van der Waals surface area (Å²) in [6.07, 6.45) is 7.01. The monoisotopic (exact) mass is 432 g/mol. The van der Waals surface area contributed by atoms with Gasteiger partial charge in [0.1, 0.15) is 0 Å². The van der Waals surface area contributed by atoms with Crippen molar-refractivity contribution in [1.29, 1.82) is 0 Å². The molecule has 1 aromatic carbocycles. The highest BCUT2D eigenvalue weighted by Crippen LogP contribution is 2.64. The van der Waals surface area contributed by atoms with Crippen LogP contribution in [0.1, 0.15) is 44.1 Å². The largest absolute Gasteiger partial charge is 0.379 e. The number of benzene rings is 1. The molecule has 4 nitrogen and oxygen atoms in total. The zero-order chi connectivity index (χ0) is 18.5. The second kappa shape index (κ2) is 6.85. The molecule has 0 aromatic heterocycles. The standard InChI is InChI=1S/C22H29BrN2O2/c23-22-12-17-8-18(13-22)11-21(10-17,15-22)20(26)24-19-3-1-2-16(9-19)14-25-4-6-27-7-5-25/h1-3,9,17-18H,4-8,10-15H2,(H,24,26). The van der Waals surface area contributed by atoms with Gasteiger partial charge in [-0.3, -0.25) is 9.69 Å². The first-order valence-electron chi connectivity index (χ1n) is 10.4. The van der Waals surface area contributed by atoms with Gasteiger partial charge in [-0.05, 0) is 68.1 Å². The Morgan fingerprint density at radius 1 is 1.19 bits per heavy atom. The lowest BCUT2D eigenvalue weighted by Crippen LogP contribution is -2.57. The average Bonchev–Trinajstić information content (AvgIpc) is 2.61. The number of morpholine rings is 1. The highest BCUT2D eigenvalue weighted by Gasteiger charge is 2.59. The highest BCUT2D eigenvalue weighted by atomic mass is 79.9. The maximum Gasteiger partial charge on any atom is 0.230 e. The van der Waals surface area contributed by atoms with Crippen LogP contribution in [0.2, 0.25) is 0 Å². The van der Waals surface area contributed by atoms with Crippen molar-refractivity contribution in [2.45, 2.75) is 49.4 Å². The summed E-state index contributed by atoms with van der Waals surface area (Å²) in [5, 5.41) is 3.29. The van der Waals surface area contributed by atoms with E-state index in [0.29, 0.717) is 0 Å². The minimum atomic E-state index is -0.159. The Hall–Kier alpha value is -0.910. The maximum absolute atomic E-state index is 13.4. The number of ether oxygens (including phenoxy) is 1. The number of halogens is 1. The number of hydrogen-bond donors (Lipinski definition) is 1. The highest BCUT2D eigenvalue weighted by molar-refractivity contribution is 9.10.